The largest absolute Gasteiger partial charge is 0.386 e. The normalized spacial score (nSPS) is 23.0. The molecule has 3 rings (SSSR count). The van der Waals surface area contributed by atoms with E-state index in [4.69, 9.17) is 0 Å². The zero-order valence-corrected chi connectivity index (χ0v) is 12.4. The first-order valence-electron chi connectivity index (χ1n) is 6.44. The highest BCUT2D eigenvalue weighted by atomic mass is 79.9. The smallest absolute Gasteiger partial charge is 0.225 e. The summed E-state index contributed by atoms with van der Waals surface area (Å²) in [5.74, 6) is 0.643. The minimum absolute atomic E-state index is 0.431. The Morgan fingerprint density at radius 2 is 2.15 bits per heavy atom. The lowest BCUT2D eigenvalue weighted by Gasteiger charge is -2.38. The van der Waals surface area contributed by atoms with Crippen LogP contribution in [-0.4, -0.2) is 48.8 Å². The van der Waals surface area contributed by atoms with Crippen LogP contribution in [0.3, 0.4) is 0 Å². The highest BCUT2D eigenvalue weighted by Gasteiger charge is 2.35. The van der Waals surface area contributed by atoms with Gasteiger partial charge in [0.25, 0.3) is 0 Å². The Labute approximate surface area is 124 Å². The Kier molecular flexibility index (Phi) is 3.66. The van der Waals surface area contributed by atoms with E-state index in [9.17, 15) is 5.11 Å². The summed E-state index contributed by atoms with van der Waals surface area (Å²) in [7, 11) is 0. The maximum absolute atomic E-state index is 10.7. The molecule has 1 N–H and O–H groups in total. The lowest BCUT2D eigenvalue weighted by molar-refractivity contribution is 0.00565. The molecule has 1 unspecified atom stereocenters. The van der Waals surface area contributed by atoms with Gasteiger partial charge in [-0.05, 0) is 28.8 Å². The summed E-state index contributed by atoms with van der Waals surface area (Å²) >= 11 is 3.32. The van der Waals surface area contributed by atoms with Gasteiger partial charge in [0.05, 0.1) is 23.8 Å². The van der Waals surface area contributed by atoms with Gasteiger partial charge in [-0.3, -0.25) is 0 Å². The molecule has 1 fully saturated rings. The number of anilines is 1. The lowest BCUT2D eigenvalue weighted by Crippen LogP contribution is -2.51. The number of β-amino-alcohol motifs (C(OH)–C–C–N with tert-alkyl or cyclic N) is 1. The molecule has 2 aromatic rings. The molecular formula is C12H15BrN6O. The molecule has 1 aliphatic rings. The van der Waals surface area contributed by atoms with E-state index in [-0.39, 0.29) is 0 Å². The zero-order valence-electron chi connectivity index (χ0n) is 10.9. The van der Waals surface area contributed by atoms with E-state index in [1.807, 2.05) is 4.90 Å². The molecule has 1 atom stereocenters. The van der Waals surface area contributed by atoms with Crippen LogP contribution in [0.1, 0.15) is 12.8 Å². The van der Waals surface area contributed by atoms with Crippen LogP contribution in [0.15, 0.2) is 29.3 Å². The SMILES string of the molecule is OC1(Cn2ccnn2)CCCN(c2ncc(Br)cn2)C1. The molecule has 2 aromatic heterocycles. The van der Waals surface area contributed by atoms with Crippen molar-refractivity contribution in [3.8, 4) is 0 Å². The molecular weight excluding hydrogens is 324 g/mol. The number of halogens is 1. The standard InChI is InChI=1S/C12H15BrN6O/c13-10-6-14-11(15-7-10)18-4-1-2-12(20,8-18)9-19-5-3-16-17-19/h3,5-7,20H,1-2,4,8-9H2. The van der Waals surface area contributed by atoms with Gasteiger partial charge in [-0.2, -0.15) is 0 Å². The average Bonchev–Trinajstić information content (AvgIpc) is 2.91. The van der Waals surface area contributed by atoms with E-state index in [0.717, 1.165) is 23.9 Å². The molecule has 7 nitrogen and oxygen atoms in total. The highest BCUT2D eigenvalue weighted by molar-refractivity contribution is 9.10. The summed E-state index contributed by atoms with van der Waals surface area (Å²) in [5, 5.41) is 18.4. The third kappa shape index (κ3) is 2.96. The fraction of sp³-hybridized carbons (Fsp3) is 0.500. The molecule has 0 bridgehead atoms. The summed E-state index contributed by atoms with van der Waals surface area (Å²) < 4.78 is 2.50. The van der Waals surface area contributed by atoms with Crippen molar-refractivity contribution in [1.29, 1.82) is 0 Å². The van der Waals surface area contributed by atoms with Crippen LogP contribution in [0, 0.1) is 0 Å². The maximum Gasteiger partial charge on any atom is 0.225 e. The molecule has 0 aliphatic carbocycles. The van der Waals surface area contributed by atoms with Gasteiger partial charge in [0, 0.05) is 25.1 Å². The van der Waals surface area contributed by atoms with Crippen molar-refractivity contribution in [1.82, 2.24) is 25.0 Å². The summed E-state index contributed by atoms with van der Waals surface area (Å²) in [4.78, 5) is 10.6. The number of rotatable bonds is 3. The Morgan fingerprint density at radius 3 is 2.85 bits per heavy atom. The van der Waals surface area contributed by atoms with Gasteiger partial charge < -0.3 is 10.0 Å². The molecule has 1 aliphatic heterocycles. The number of aromatic nitrogens is 5. The Bertz CT molecular complexity index is 560. The monoisotopic (exact) mass is 338 g/mol. The molecule has 1 saturated heterocycles. The third-order valence-electron chi connectivity index (χ3n) is 3.37. The summed E-state index contributed by atoms with van der Waals surface area (Å²) in [5.41, 5.74) is -0.831. The second-order valence-corrected chi connectivity index (χ2v) is 5.97. The Morgan fingerprint density at radius 1 is 1.35 bits per heavy atom. The molecule has 20 heavy (non-hydrogen) atoms. The quantitative estimate of drug-likeness (QED) is 0.894. The molecule has 0 spiro atoms. The Balaban J connectivity index is 1.74. The fourth-order valence-electron chi connectivity index (χ4n) is 2.50. The van der Waals surface area contributed by atoms with Crippen molar-refractivity contribution >= 4 is 21.9 Å². The van der Waals surface area contributed by atoms with Gasteiger partial charge in [-0.25, -0.2) is 14.6 Å². The van der Waals surface area contributed by atoms with Crippen LogP contribution >= 0.6 is 15.9 Å². The van der Waals surface area contributed by atoms with Crippen LogP contribution in [0.5, 0.6) is 0 Å². The minimum atomic E-state index is -0.831. The van der Waals surface area contributed by atoms with Gasteiger partial charge in [0.2, 0.25) is 5.95 Å². The average molecular weight is 339 g/mol. The van der Waals surface area contributed by atoms with E-state index in [2.05, 4.69) is 36.2 Å². The molecule has 0 radical (unpaired) electrons. The number of piperidine rings is 1. The number of hydrogen-bond donors (Lipinski definition) is 1. The van der Waals surface area contributed by atoms with Gasteiger partial charge in [-0.15, -0.1) is 5.10 Å². The van der Waals surface area contributed by atoms with Crippen molar-refractivity contribution in [2.45, 2.75) is 25.0 Å². The van der Waals surface area contributed by atoms with Crippen LogP contribution in [0.2, 0.25) is 0 Å². The predicted molar refractivity (Wildman–Crippen MR) is 76.2 cm³/mol. The molecule has 0 saturated carbocycles. The third-order valence-corrected chi connectivity index (χ3v) is 3.78. The minimum Gasteiger partial charge on any atom is -0.386 e. The van der Waals surface area contributed by atoms with Crippen LogP contribution < -0.4 is 4.90 Å². The van der Waals surface area contributed by atoms with Crippen molar-refractivity contribution in [2.24, 2.45) is 0 Å². The first-order valence-corrected chi connectivity index (χ1v) is 7.23. The van der Waals surface area contributed by atoms with Gasteiger partial charge >= 0.3 is 0 Å². The summed E-state index contributed by atoms with van der Waals surface area (Å²) in [6.07, 6.45) is 8.43. The van der Waals surface area contributed by atoms with Crippen molar-refractivity contribution < 1.29 is 5.11 Å². The zero-order chi connectivity index (χ0) is 14.0. The van der Waals surface area contributed by atoms with Gasteiger partial charge in [-0.1, -0.05) is 5.21 Å². The lowest BCUT2D eigenvalue weighted by atomic mass is 9.93. The first-order chi connectivity index (χ1) is 9.65. The van der Waals surface area contributed by atoms with Crippen LogP contribution in [-0.2, 0) is 6.54 Å². The Hall–Kier alpha value is -1.54. The first kappa shape index (κ1) is 13.4. The van der Waals surface area contributed by atoms with E-state index in [1.165, 1.54) is 0 Å². The molecule has 8 heteroatoms. The van der Waals surface area contributed by atoms with E-state index >= 15 is 0 Å². The molecule has 106 valence electrons. The van der Waals surface area contributed by atoms with E-state index < -0.39 is 5.60 Å². The van der Waals surface area contributed by atoms with Crippen LogP contribution in [0.25, 0.3) is 0 Å². The van der Waals surface area contributed by atoms with Crippen molar-refractivity contribution in [3.05, 3.63) is 29.3 Å². The van der Waals surface area contributed by atoms with Crippen LogP contribution in [0.4, 0.5) is 5.95 Å². The molecule has 3 heterocycles. The fourth-order valence-corrected chi connectivity index (χ4v) is 2.70. The predicted octanol–water partition coefficient (Wildman–Crippen LogP) is 0.862. The van der Waals surface area contributed by atoms with E-state index in [0.29, 0.717) is 19.0 Å². The molecule has 0 aromatic carbocycles. The van der Waals surface area contributed by atoms with Gasteiger partial charge in [0.1, 0.15) is 5.60 Å². The summed E-state index contributed by atoms with van der Waals surface area (Å²) in [6, 6.07) is 0. The highest BCUT2D eigenvalue weighted by Crippen LogP contribution is 2.25. The maximum atomic E-state index is 10.7. The topological polar surface area (TPSA) is 80.0 Å². The second kappa shape index (κ2) is 5.45. The van der Waals surface area contributed by atoms with Crippen molar-refractivity contribution in [2.75, 3.05) is 18.0 Å². The number of aliphatic hydroxyl groups is 1. The van der Waals surface area contributed by atoms with E-state index in [1.54, 1.807) is 29.5 Å². The number of nitrogens with zero attached hydrogens (tertiary/aromatic N) is 6. The number of hydrogen-bond acceptors (Lipinski definition) is 6. The van der Waals surface area contributed by atoms with Gasteiger partial charge in [0.15, 0.2) is 0 Å². The molecule has 0 amide bonds. The second-order valence-electron chi connectivity index (χ2n) is 5.05. The summed E-state index contributed by atoms with van der Waals surface area (Å²) in [6.45, 7) is 1.77. The van der Waals surface area contributed by atoms with Crippen molar-refractivity contribution in [3.63, 3.8) is 0 Å².